The normalized spacial score (nSPS) is 18.0. The molecule has 0 spiro atoms. The number of carbonyl (C=O) groups is 2. The van der Waals surface area contributed by atoms with Crippen LogP contribution in [0.25, 0.3) is 6.08 Å². The zero-order valence-electron chi connectivity index (χ0n) is 17.4. The van der Waals surface area contributed by atoms with Crippen molar-refractivity contribution in [1.82, 2.24) is 0 Å². The second-order valence-corrected chi connectivity index (χ2v) is 7.82. The third-order valence-electron chi connectivity index (χ3n) is 5.36. The van der Waals surface area contributed by atoms with Crippen LogP contribution in [0.3, 0.4) is 0 Å². The number of ketones is 1. The SMILES string of the molecule is C=C(C)COc1ccccc1C1CC(=O)Oc2ccc3c(c21)O/C(=C\c1ccco1)C3=O. The summed E-state index contributed by atoms with van der Waals surface area (Å²) >= 11 is 0. The largest absolute Gasteiger partial charge is 0.489 e. The average molecular weight is 428 g/mol. The minimum atomic E-state index is -0.390. The Morgan fingerprint density at radius 3 is 2.75 bits per heavy atom. The molecule has 2 aliphatic heterocycles. The molecule has 6 nitrogen and oxygen atoms in total. The van der Waals surface area contributed by atoms with E-state index in [9.17, 15) is 9.59 Å². The van der Waals surface area contributed by atoms with Crippen LogP contribution in [0.15, 0.2) is 77.1 Å². The van der Waals surface area contributed by atoms with E-state index in [1.165, 1.54) is 6.26 Å². The van der Waals surface area contributed by atoms with E-state index in [4.69, 9.17) is 18.6 Å². The van der Waals surface area contributed by atoms with Crippen LogP contribution < -0.4 is 14.2 Å². The number of allylic oxidation sites excluding steroid dienone is 1. The van der Waals surface area contributed by atoms with E-state index in [-0.39, 0.29) is 23.9 Å². The first kappa shape index (κ1) is 19.9. The molecular formula is C26H20O6. The van der Waals surface area contributed by atoms with Crippen LogP contribution in [0.1, 0.15) is 46.5 Å². The lowest BCUT2D eigenvalue weighted by Crippen LogP contribution is -2.22. The zero-order chi connectivity index (χ0) is 22.2. The monoisotopic (exact) mass is 428 g/mol. The summed E-state index contributed by atoms with van der Waals surface area (Å²) in [4.78, 5) is 25.4. The molecule has 0 bridgehead atoms. The van der Waals surface area contributed by atoms with Crippen molar-refractivity contribution in [2.24, 2.45) is 0 Å². The van der Waals surface area contributed by atoms with Crippen LogP contribution in [-0.4, -0.2) is 18.4 Å². The molecule has 1 atom stereocenters. The number of para-hydroxylation sites is 1. The van der Waals surface area contributed by atoms with Crippen molar-refractivity contribution in [3.8, 4) is 17.2 Å². The maximum Gasteiger partial charge on any atom is 0.312 e. The number of esters is 1. The predicted octanol–water partition coefficient (Wildman–Crippen LogP) is 5.29. The van der Waals surface area contributed by atoms with Gasteiger partial charge in [0.1, 0.15) is 29.6 Å². The van der Waals surface area contributed by atoms with Gasteiger partial charge in [-0.3, -0.25) is 9.59 Å². The second kappa shape index (κ2) is 7.89. The molecule has 32 heavy (non-hydrogen) atoms. The van der Waals surface area contributed by atoms with Crippen LogP contribution in [-0.2, 0) is 4.79 Å². The van der Waals surface area contributed by atoms with Gasteiger partial charge in [-0.15, -0.1) is 0 Å². The molecule has 5 rings (SSSR count). The van der Waals surface area contributed by atoms with Crippen LogP contribution in [0.5, 0.6) is 17.2 Å². The van der Waals surface area contributed by atoms with E-state index in [1.54, 1.807) is 30.3 Å². The highest BCUT2D eigenvalue weighted by Crippen LogP contribution is 2.50. The standard InChI is InChI=1S/C26H20O6/c1-15(2)14-30-20-8-4-3-7-17(20)19-13-23(27)31-21-10-9-18-25(28)22(32-26(18)24(19)21)12-16-6-5-11-29-16/h3-12,19H,1,13-14H2,2H3/b22-12-. The smallest absolute Gasteiger partial charge is 0.312 e. The molecule has 0 fully saturated rings. The van der Waals surface area contributed by atoms with Gasteiger partial charge in [0.15, 0.2) is 5.76 Å². The van der Waals surface area contributed by atoms with Gasteiger partial charge in [0, 0.05) is 23.1 Å². The van der Waals surface area contributed by atoms with Gasteiger partial charge in [0.25, 0.3) is 0 Å². The molecule has 3 heterocycles. The molecule has 0 saturated carbocycles. The van der Waals surface area contributed by atoms with E-state index in [0.29, 0.717) is 40.7 Å². The summed E-state index contributed by atoms with van der Waals surface area (Å²) < 4.78 is 22.8. The van der Waals surface area contributed by atoms with E-state index >= 15 is 0 Å². The lowest BCUT2D eigenvalue weighted by atomic mass is 9.84. The summed E-state index contributed by atoms with van der Waals surface area (Å²) in [6, 6.07) is 14.3. The van der Waals surface area contributed by atoms with Crippen molar-refractivity contribution in [3.05, 3.63) is 95.2 Å². The molecule has 0 radical (unpaired) electrons. The summed E-state index contributed by atoms with van der Waals surface area (Å²) in [5, 5.41) is 0. The predicted molar refractivity (Wildman–Crippen MR) is 117 cm³/mol. The van der Waals surface area contributed by atoms with Crippen LogP contribution in [0.2, 0.25) is 0 Å². The summed E-state index contributed by atoms with van der Waals surface area (Å²) in [6.45, 7) is 6.13. The fourth-order valence-corrected chi connectivity index (χ4v) is 3.98. The minimum Gasteiger partial charge on any atom is -0.489 e. The number of ether oxygens (including phenoxy) is 3. The molecule has 0 saturated heterocycles. The quantitative estimate of drug-likeness (QED) is 0.238. The third-order valence-corrected chi connectivity index (χ3v) is 5.36. The average Bonchev–Trinajstić information content (AvgIpc) is 3.40. The maximum absolute atomic E-state index is 13.0. The first-order chi connectivity index (χ1) is 15.5. The van der Waals surface area contributed by atoms with Crippen molar-refractivity contribution < 1.29 is 28.2 Å². The first-order valence-electron chi connectivity index (χ1n) is 10.2. The first-order valence-corrected chi connectivity index (χ1v) is 10.2. The van der Waals surface area contributed by atoms with Gasteiger partial charge in [0.2, 0.25) is 5.78 Å². The number of hydrogen-bond acceptors (Lipinski definition) is 6. The van der Waals surface area contributed by atoms with E-state index in [0.717, 1.165) is 11.1 Å². The van der Waals surface area contributed by atoms with Gasteiger partial charge in [0.05, 0.1) is 18.2 Å². The van der Waals surface area contributed by atoms with Crippen LogP contribution in [0.4, 0.5) is 0 Å². The molecule has 6 heteroatoms. The lowest BCUT2D eigenvalue weighted by Gasteiger charge is -2.27. The van der Waals surface area contributed by atoms with Crippen molar-refractivity contribution in [1.29, 1.82) is 0 Å². The number of benzene rings is 2. The highest BCUT2D eigenvalue weighted by molar-refractivity contribution is 6.15. The molecule has 1 unspecified atom stereocenters. The topological polar surface area (TPSA) is 75.0 Å². The van der Waals surface area contributed by atoms with E-state index in [2.05, 4.69) is 6.58 Å². The molecule has 3 aromatic rings. The number of rotatable bonds is 5. The number of fused-ring (bicyclic) bond motifs is 3. The fraction of sp³-hybridized carbons (Fsp3) is 0.154. The Morgan fingerprint density at radius 1 is 1.12 bits per heavy atom. The van der Waals surface area contributed by atoms with Gasteiger partial charge in [-0.05, 0) is 42.8 Å². The van der Waals surface area contributed by atoms with E-state index < -0.39 is 5.92 Å². The third kappa shape index (κ3) is 3.50. The van der Waals surface area contributed by atoms with Gasteiger partial charge >= 0.3 is 5.97 Å². The Morgan fingerprint density at radius 2 is 1.97 bits per heavy atom. The highest BCUT2D eigenvalue weighted by atomic mass is 16.5. The Balaban J connectivity index is 1.61. The van der Waals surface area contributed by atoms with Crippen molar-refractivity contribution in [3.63, 3.8) is 0 Å². The summed E-state index contributed by atoms with van der Waals surface area (Å²) in [5.41, 5.74) is 2.78. The Kier molecular flexibility index (Phi) is 4.90. The summed E-state index contributed by atoms with van der Waals surface area (Å²) in [5.74, 6) is 1.11. The van der Waals surface area contributed by atoms with Crippen molar-refractivity contribution in [2.75, 3.05) is 6.61 Å². The molecule has 0 N–H and O–H groups in total. The van der Waals surface area contributed by atoms with Crippen LogP contribution >= 0.6 is 0 Å². The number of hydrogen-bond donors (Lipinski definition) is 0. The molecule has 0 amide bonds. The van der Waals surface area contributed by atoms with E-state index in [1.807, 2.05) is 31.2 Å². The molecule has 160 valence electrons. The number of Topliss-reactive ketones (excluding diaryl/α,β-unsaturated/α-hetero) is 1. The van der Waals surface area contributed by atoms with Crippen LogP contribution in [0, 0.1) is 0 Å². The Hall–Kier alpha value is -4.06. The Labute approximate surface area is 184 Å². The van der Waals surface area contributed by atoms with Crippen molar-refractivity contribution in [2.45, 2.75) is 19.3 Å². The fourth-order valence-electron chi connectivity index (χ4n) is 3.98. The number of carbonyl (C=O) groups excluding carboxylic acids is 2. The second-order valence-electron chi connectivity index (χ2n) is 7.82. The summed E-state index contributed by atoms with van der Waals surface area (Å²) in [6.07, 6.45) is 3.19. The molecule has 1 aromatic heterocycles. The van der Waals surface area contributed by atoms with Gasteiger partial charge < -0.3 is 18.6 Å². The lowest BCUT2D eigenvalue weighted by molar-refractivity contribution is -0.135. The van der Waals surface area contributed by atoms with Gasteiger partial charge in [-0.25, -0.2) is 0 Å². The van der Waals surface area contributed by atoms with Gasteiger partial charge in [-0.1, -0.05) is 24.8 Å². The van der Waals surface area contributed by atoms with Crippen molar-refractivity contribution >= 4 is 17.8 Å². The highest BCUT2D eigenvalue weighted by Gasteiger charge is 2.39. The van der Waals surface area contributed by atoms with Gasteiger partial charge in [-0.2, -0.15) is 0 Å². The molecular weight excluding hydrogens is 408 g/mol. The number of furan rings is 1. The molecule has 2 aliphatic rings. The molecule has 0 aliphatic carbocycles. The molecule has 2 aromatic carbocycles. The zero-order valence-corrected chi connectivity index (χ0v) is 17.4. The minimum absolute atomic E-state index is 0.103. The summed E-state index contributed by atoms with van der Waals surface area (Å²) in [7, 11) is 0. The Bertz CT molecular complexity index is 1270. The maximum atomic E-state index is 13.0.